The number of aromatic nitrogens is 1. The Kier molecular flexibility index (Phi) is 3.19. The Hall–Kier alpha value is -1.43. The first-order valence-corrected chi connectivity index (χ1v) is 4.80. The van der Waals surface area contributed by atoms with Crippen molar-refractivity contribution in [3.8, 4) is 0 Å². The second-order valence-electron chi connectivity index (χ2n) is 2.76. The fourth-order valence-electron chi connectivity index (χ4n) is 1.05. The van der Waals surface area contributed by atoms with Gasteiger partial charge in [0, 0.05) is 0 Å². The van der Waals surface area contributed by atoms with Gasteiger partial charge in [-0.2, -0.15) is 5.10 Å². The van der Waals surface area contributed by atoms with Crippen molar-refractivity contribution < 1.29 is 9.90 Å². The number of carboxylic acid groups (broad SMARTS) is 1. The van der Waals surface area contributed by atoms with Gasteiger partial charge in [-0.15, -0.1) is 11.3 Å². The summed E-state index contributed by atoms with van der Waals surface area (Å²) in [5.41, 5.74) is 3.47. The largest absolute Gasteiger partial charge is 0.464 e. The van der Waals surface area contributed by atoms with Crippen molar-refractivity contribution in [2.75, 3.05) is 0 Å². The number of thiazole rings is 1. The molecule has 0 bridgehead atoms. The molecule has 1 rings (SSSR count). The lowest BCUT2D eigenvalue weighted by atomic mass is 10.3. The monoisotopic (exact) mass is 213 g/mol. The highest BCUT2D eigenvalue weighted by Gasteiger charge is 2.07. The van der Waals surface area contributed by atoms with E-state index in [1.54, 1.807) is 6.92 Å². The van der Waals surface area contributed by atoms with Crippen LogP contribution in [0.25, 0.3) is 0 Å². The summed E-state index contributed by atoms with van der Waals surface area (Å²) in [5, 5.41) is 13.0. The van der Waals surface area contributed by atoms with Gasteiger partial charge in [0.2, 0.25) is 0 Å². The van der Waals surface area contributed by atoms with Crippen molar-refractivity contribution in [3.05, 3.63) is 15.6 Å². The van der Waals surface area contributed by atoms with E-state index >= 15 is 0 Å². The van der Waals surface area contributed by atoms with E-state index in [1.165, 1.54) is 11.3 Å². The van der Waals surface area contributed by atoms with E-state index in [1.807, 2.05) is 19.3 Å². The number of nitrogens with zero attached hydrogens (tertiary/aromatic N) is 2. The molecule has 0 atom stereocenters. The molecule has 1 heterocycles. The summed E-state index contributed by atoms with van der Waals surface area (Å²) in [6.07, 6.45) is -1.16. The van der Waals surface area contributed by atoms with E-state index in [2.05, 4.69) is 10.1 Å². The van der Waals surface area contributed by atoms with Crippen LogP contribution in [0.2, 0.25) is 0 Å². The van der Waals surface area contributed by atoms with E-state index in [0.717, 1.165) is 15.6 Å². The van der Waals surface area contributed by atoms with Gasteiger partial charge in [-0.3, -0.25) is 0 Å². The van der Waals surface area contributed by atoms with Crippen LogP contribution in [0.15, 0.2) is 5.10 Å². The van der Waals surface area contributed by atoms with Crippen molar-refractivity contribution in [3.63, 3.8) is 0 Å². The molecule has 0 spiro atoms. The predicted octanol–water partition coefficient (Wildman–Crippen LogP) is 1.75. The number of amides is 1. The lowest BCUT2D eigenvalue weighted by Gasteiger charge is -1.96. The summed E-state index contributed by atoms with van der Waals surface area (Å²) in [5.74, 6) is 0. The third kappa shape index (κ3) is 2.53. The molecule has 5 nitrogen and oxygen atoms in total. The van der Waals surface area contributed by atoms with Crippen molar-refractivity contribution >= 4 is 23.1 Å². The maximum atomic E-state index is 10.2. The normalized spacial score (nSPS) is 11.5. The van der Waals surface area contributed by atoms with Crippen molar-refractivity contribution in [1.82, 2.24) is 10.4 Å². The molecule has 2 N–H and O–H groups in total. The molecule has 0 aromatic carbocycles. The maximum Gasteiger partial charge on any atom is 0.425 e. The average molecular weight is 213 g/mol. The van der Waals surface area contributed by atoms with E-state index in [-0.39, 0.29) is 0 Å². The topological polar surface area (TPSA) is 74.6 Å². The van der Waals surface area contributed by atoms with Crippen LogP contribution >= 0.6 is 11.3 Å². The molecular weight excluding hydrogens is 202 g/mol. The second kappa shape index (κ2) is 4.19. The van der Waals surface area contributed by atoms with Crippen LogP contribution in [-0.2, 0) is 0 Å². The molecule has 0 aliphatic carbocycles. The van der Waals surface area contributed by atoms with Crippen molar-refractivity contribution in [2.24, 2.45) is 5.10 Å². The van der Waals surface area contributed by atoms with Gasteiger partial charge < -0.3 is 5.11 Å². The highest BCUT2D eigenvalue weighted by atomic mass is 32.1. The third-order valence-corrected chi connectivity index (χ3v) is 2.73. The number of rotatable bonds is 2. The van der Waals surface area contributed by atoms with Gasteiger partial charge >= 0.3 is 6.09 Å². The molecule has 14 heavy (non-hydrogen) atoms. The van der Waals surface area contributed by atoms with Crippen molar-refractivity contribution in [1.29, 1.82) is 0 Å². The van der Waals surface area contributed by atoms with Crippen molar-refractivity contribution in [2.45, 2.75) is 20.8 Å². The third-order valence-electron chi connectivity index (χ3n) is 1.55. The molecule has 6 heteroatoms. The number of aryl methyl sites for hydroxylation is 2. The quantitative estimate of drug-likeness (QED) is 0.580. The first-order chi connectivity index (χ1) is 6.50. The second-order valence-corrected chi connectivity index (χ2v) is 3.96. The Morgan fingerprint density at radius 2 is 2.21 bits per heavy atom. The predicted molar refractivity (Wildman–Crippen MR) is 55.0 cm³/mol. The summed E-state index contributed by atoms with van der Waals surface area (Å²) in [6, 6.07) is 0. The summed E-state index contributed by atoms with van der Waals surface area (Å²) >= 11 is 1.50. The molecule has 0 fully saturated rings. The maximum absolute atomic E-state index is 10.2. The lowest BCUT2D eigenvalue weighted by molar-refractivity contribution is 0.195. The number of hydrogen-bond donors (Lipinski definition) is 2. The summed E-state index contributed by atoms with van der Waals surface area (Å²) in [4.78, 5) is 15.3. The lowest BCUT2D eigenvalue weighted by Crippen LogP contribution is -2.15. The molecule has 0 saturated heterocycles. The number of nitrogens with one attached hydrogen (secondary N) is 1. The van der Waals surface area contributed by atoms with Crippen LogP contribution in [0.1, 0.15) is 22.5 Å². The van der Waals surface area contributed by atoms with Gasteiger partial charge in [0.05, 0.1) is 21.3 Å². The fourth-order valence-corrected chi connectivity index (χ4v) is 1.91. The van der Waals surface area contributed by atoms with Crippen LogP contribution in [0.3, 0.4) is 0 Å². The van der Waals surface area contributed by atoms with Crippen LogP contribution < -0.4 is 5.43 Å². The number of carbonyl (C=O) groups is 1. The Balaban J connectivity index is 2.88. The zero-order valence-electron chi connectivity index (χ0n) is 8.16. The Morgan fingerprint density at radius 3 is 2.64 bits per heavy atom. The summed E-state index contributed by atoms with van der Waals surface area (Å²) in [7, 11) is 0. The Morgan fingerprint density at radius 1 is 1.57 bits per heavy atom. The summed E-state index contributed by atoms with van der Waals surface area (Å²) in [6.45, 7) is 5.52. The van der Waals surface area contributed by atoms with Crippen LogP contribution in [0.4, 0.5) is 4.79 Å². The van der Waals surface area contributed by atoms with Gasteiger partial charge in [-0.25, -0.2) is 15.2 Å². The smallest absolute Gasteiger partial charge is 0.425 e. The van der Waals surface area contributed by atoms with Gasteiger partial charge in [0.1, 0.15) is 0 Å². The van der Waals surface area contributed by atoms with Crippen LogP contribution in [-0.4, -0.2) is 21.9 Å². The van der Waals surface area contributed by atoms with Crippen LogP contribution in [0, 0.1) is 13.8 Å². The minimum Gasteiger partial charge on any atom is -0.464 e. The first kappa shape index (κ1) is 10.6. The van der Waals surface area contributed by atoms with Gasteiger partial charge in [-0.1, -0.05) is 0 Å². The minimum absolute atomic E-state index is 0.635. The average Bonchev–Trinajstić information content (AvgIpc) is 2.41. The highest BCUT2D eigenvalue weighted by Crippen LogP contribution is 2.17. The molecule has 0 saturated carbocycles. The van der Waals surface area contributed by atoms with Crippen LogP contribution in [0.5, 0.6) is 0 Å². The van der Waals surface area contributed by atoms with Gasteiger partial charge in [-0.05, 0) is 20.8 Å². The van der Waals surface area contributed by atoms with Gasteiger partial charge in [0.15, 0.2) is 0 Å². The fraction of sp³-hybridized carbons (Fsp3) is 0.375. The highest BCUT2D eigenvalue weighted by molar-refractivity contribution is 7.13. The number of hydrazone groups is 1. The molecule has 0 radical (unpaired) electrons. The first-order valence-electron chi connectivity index (χ1n) is 3.98. The Bertz CT molecular complexity index is 384. The minimum atomic E-state index is -1.16. The zero-order chi connectivity index (χ0) is 10.7. The molecule has 0 aliphatic heterocycles. The van der Waals surface area contributed by atoms with Gasteiger partial charge in [0.25, 0.3) is 0 Å². The molecule has 1 aromatic rings. The molecule has 1 aromatic heterocycles. The molecule has 0 unspecified atom stereocenters. The van der Waals surface area contributed by atoms with E-state index in [4.69, 9.17) is 5.11 Å². The van der Waals surface area contributed by atoms with E-state index in [9.17, 15) is 4.79 Å². The Labute approximate surface area is 85.5 Å². The zero-order valence-corrected chi connectivity index (χ0v) is 8.97. The van der Waals surface area contributed by atoms with E-state index in [0.29, 0.717) is 5.71 Å². The van der Waals surface area contributed by atoms with E-state index < -0.39 is 6.09 Å². The molecule has 76 valence electrons. The molecular formula is C8H11N3O2S. The molecule has 1 amide bonds. The summed E-state index contributed by atoms with van der Waals surface area (Å²) < 4.78 is 0. The SMILES string of the molecule is CC(=NNC(=O)O)c1sc(C)nc1C. The number of hydrogen-bond acceptors (Lipinski definition) is 4. The molecule has 0 aliphatic rings. The standard InChI is InChI=1S/C8H11N3O2S/c1-4-7(14-6(3)9-4)5(2)10-11-8(12)13/h11H,1-3H3,(H,12,13).